The van der Waals surface area contributed by atoms with Crippen molar-refractivity contribution in [3.05, 3.63) is 29.6 Å². The van der Waals surface area contributed by atoms with Gasteiger partial charge in [0.2, 0.25) is 0 Å². The first-order valence-electron chi connectivity index (χ1n) is 5.05. The second kappa shape index (κ2) is 5.03. The molecule has 0 bridgehead atoms. The van der Waals surface area contributed by atoms with E-state index in [1.807, 2.05) is 26.8 Å². The normalized spacial score (nSPS) is 12.9. The highest BCUT2D eigenvalue weighted by molar-refractivity contribution is 6.00. The summed E-state index contributed by atoms with van der Waals surface area (Å²) >= 11 is 0. The molecule has 3 heteroatoms. The summed E-state index contributed by atoms with van der Waals surface area (Å²) < 4.78 is 5.21. The molecule has 0 spiro atoms. The van der Waals surface area contributed by atoms with Crippen LogP contribution in [-0.4, -0.2) is 24.0 Å². The number of aryl methyl sites for hydroxylation is 1. The van der Waals surface area contributed by atoms with Gasteiger partial charge in [0, 0.05) is 25.1 Å². The number of hydrogen-bond acceptors (Lipinski definition) is 3. The number of carbonyl (C=O) groups is 1. The van der Waals surface area contributed by atoms with Crippen molar-refractivity contribution < 1.29 is 9.53 Å². The van der Waals surface area contributed by atoms with Gasteiger partial charge in [-0.25, -0.2) is 0 Å². The lowest BCUT2D eigenvalue weighted by Gasteiger charge is -2.18. The van der Waals surface area contributed by atoms with E-state index in [9.17, 15) is 4.79 Å². The average molecular weight is 207 g/mol. The number of ketones is 1. The van der Waals surface area contributed by atoms with Gasteiger partial charge in [0.1, 0.15) is 6.10 Å². The Morgan fingerprint density at radius 3 is 2.60 bits per heavy atom. The number of ether oxygens (including phenoxy) is 1. The molecule has 15 heavy (non-hydrogen) atoms. The quantitative estimate of drug-likeness (QED) is 0.711. The van der Waals surface area contributed by atoms with Gasteiger partial charge in [-0.2, -0.15) is 0 Å². The van der Waals surface area contributed by atoms with Crippen molar-refractivity contribution in [3.63, 3.8) is 0 Å². The van der Waals surface area contributed by atoms with Crippen LogP contribution >= 0.6 is 0 Å². The van der Waals surface area contributed by atoms with Gasteiger partial charge < -0.3 is 4.74 Å². The minimum Gasteiger partial charge on any atom is -0.373 e. The molecule has 3 nitrogen and oxygen atoms in total. The Kier molecular flexibility index (Phi) is 3.97. The van der Waals surface area contributed by atoms with Crippen LogP contribution in [0.15, 0.2) is 18.5 Å². The second-order valence-corrected chi connectivity index (χ2v) is 3.96. The largest absolute Gasteiger partial charge is 0.373 e. The van der Waals surface area contributed by atoms with E-state index < -0.39 is 0 Å². The fourth-order valence-corrected chi connectivity index (χ4v) is 1.56. The summed E-state index contributed by atoms with van der Waals surface area (Å²) in [7, 11) is 1.56. The zero-order valence-electron chi connectivity index (χ0n) is 9.65. The Balaban J connectivity index is 2.98. The van der Waals surface area contributed by atoms with Gasteiger partial charge in [-0.3, -0.25) is 9.78 Å². The SMILES string of the molecule is COC(C(=O)c1cnccc1C)C(C)C. The fourth-order valence-electron chi connectivity index (χ4n) is 1.56. The van der Waals surface area contributed by atoms with Crippen molar-refractivity contribution >= 4 is 5.78 Å². The first-order valence-corrected chi connectivity index (χ1v) is 5.05. The Labute approximate surface area is 90.5 Å². The molecule has 0 saturated heterocycles. The Morgan fingerprint density at radius 2 is 2.13 bits per heavy atom. The van der Waals surface area contributed by atoms with Gasteiger partial charge in [-0.1, -0.05) is 13.8 Å². The predicted octanol–water partition coefficient (Wildman–Crippen LogP) is 2.24. The zero-order chi connectivity index (χ0) is 11.4. The van der Waals surface area contributed by atoms with Crippen LogP contribution in [0, 0.1) is 12.8 Å². The van der Waals surface area contributed by atoms with E-state index in [2.05, 4.69) is 4.98 Å². The first kappa shape index (κ1) is 11.9. The van der Waals surface area contributed by atoms with Gasteiger partial charge >= 0.3 is 0 Å². The molecule has 1 unspecified atom stereocenters. The summed E-state index contributed by atoms with van der Waals surface area (Å²) in [5.41, 5.74) is 1.59. The molecule has 0 N–H and O–H groups in total. The van der Waals surface area contributed by atoms with E-state index in [1.165, 1.54) is 0 Å². The maximum absolute atomic E-state index is 12.1. The van der Waals surface area contributed by atoms with E-state index in [0.717, 1.165) is 5.56 Å². The molecule has 1 atom stereocenters. The Bertz CT molecular complexity index is 347. The van der Waals surface area contributed by atoms with Crippen LogP contribution in [0.5, 0.6) is 0 Å². The van der Waals surface area contributed by atoms with E-state index >= 15 is 0 Å². The summed E-state index contributed by atoms with van der Waals surface area (Å²) in [5, 5.41) is 0. The number of pyridine rings is 1. The molecule has 0 aliphatic heterocycles. The van der Waals surface area contributed by atoms with Crippen molar-refractivity contribution in [1.82, 2.24) is 4.98 Å². The number of Topliss-reactive ketones (excluding diaryl/α,β-unsaturated/α-hetero) is 1. The van der Waals surface area contributed by atoms with Gasteiger partial charge in [0.05, 0.1) is 0 Å². The van der Waals surface area contributed by atoms with Crippen molar-refractivity contribution in [2.75, 3.05) is 7.11 Å². The van der Waals surface area contributed by atoms with Crippen LogP contribution in [0.4, 0.5) is 0 Å². The monoisotopic (exact) mass is 207 g/mol. The Hall–Kier alpha value is -1.22. The maximum Gasteiger partial charge on any atom is 0.193 e. The number of aromatic nitrogens is 1. The third-order valence-electron chi connectivity index (χ3n) is 2.42. The van der Waals surface area contributed by atoms with Crippen molar-refractivity contribution in [1.29, 1.82) is 0 Å². The minimum absolute atomic E-state index is 0.0121. The van der Waals surface area contributed by atoms with Gasteiger partial charge in [-0.05, 0) is 24.5 Å². The molecular weight excluding hydrogens is 190 g/mol. The van der Waals surface area contributed by atoms with E-state index in [0.29, 0.717) is 5.56 Å². The molecule has 82 valence electrons. The number of methoxy groups -OCH3 is 1. The molecule has 0 amide bonds. The molecule has 1 heterocycles. The highest BCUT2D eigenvalue weighted by Gasteiger charge is 2.24. The highest BCUT2D eigenvalue weighted by atomic mass is 16.5. The van der Waals surface area contributed by atoms with E-state index in [-0.39, 0.29) is 17.8 Å². The maximum atomic E-state index is 12.1. The number of nitrogens with zero attached hydrogens (tertiary/aromatic N) is 1. The molecule has 0 aromatic carbocycles. The first-order chi connectivity index (χ1) is 7.07. The summed E-state index contributed by atoms with van der Waals surface area (Å²) in [6, 6.07) is 1.83. The molecule has 0 fully saturated rings. The topological polar surface area (TPSA) is 39.2 Å². The smallest absolute Gasteiger partial charge is 0.193 e. The molecule has 0 radical (unpaired) electrons. The molecule has 0 aliphatic carbocycles. The molecule has 0 saturated carbocycles. The standard InChI is InChI=1S/C12H17NO2/c1-8(2)12(15-4)11(14)10-7-13-6-5-9(10)3/h5-8,12H,1-4H3. The minimum atomic E-state index is -0.382. The lowest BCUT2D eigenvalue weighted by atomic mass is 9.96. The molecule has 1 aromatic heterocycles. The van der Waals surface area contributed by atoms with Crippen LogP contribution in [-0.2, 0) is 4.74 Å². The predicted molar refractivity (Wildman–Crippen MR) is 58.9 cm³/mol. The van der Waals surface area contributed by atoms with Crippen LogP contribution in [0.1, 0.15) is 29.8 Å². The number of rotatable bonds is 4. The molecule has 1 aromatic rings. The lowest BCUT2D eigenvalue weighted by molar-refractivity contribution is 0.0458. The number of hydrogen-bond donors (Lipinski definition) is 0. The number of carbonyl (C=O) groups excluding carboxylic acids is 1. The third-order valence-corrected chi connectivity index (χ3v) is 2.42. The van der Waals surface area contributed by atoms with Crippen molar-refractivity contribution in [2.45, 2.75) is 26.9 Å². The van der Waals surface area contributed by atoms with Crippen molar-refractivity contribution in [3.8, 4) is 0 Å². The van der Waals surface area contributed by atoms with Crippen LogP contribution in [0.3, 0.4) is 0 Å². The zero-order valence-corrected chi connectivity index (χ0v) is 9.65. The van der Waals surface area contributed by atoms with Crippen LogP contribution in [0.2, 0.25) is 0 Å². The fraction of sp³-hybridized carbons (Fsp3) is 0.500. The summed E-state index contributed by atoms with van der Waals surface area (Å²) in [6.07, 6.45) is 2.91. The third kappa shape index (κ3) is 2.63. The molecule has 1 rings (SSSR count). The highest BCUT2D eigenvalue weighted by Crippen LogP contribution is 2.15. The van der Waals surface area contributed by atoms with Gasteiger partial charge in [0.25, 0.3) is 0 Å². The van der Waals surface area contributed by atoms with Gasteiger partial charge in [-0.15, -0.1) is 0 Å². The second-order valence-electron chi connectivity index (χ2n) is 3.96. The summed E-state index contributed by atoms with van der Waals surface area (Å²) in [4.78, 5) is 16.0. The van der Waals surface area contributed by atoms with Gasteiger partial charge in [0.15, 0.2) is 5.78 Å². The van der Waals surface area contributed by atoms with Crippen LogP contribution in [0.25, 0.3) is 0 Å². The lowest BCUT2D eigenvalue weighted by Crippen LogP contribution is -2.29. The van der Waals surface area contributed by atoms with E-state index in [1.54, 1.807) is 19.5 Å². The van der Waals surface area contributed by atoms with Crippen LogP contribution < -0.4 is 0 Å². The summed E-state index contributed by atoms with van der Waals surface area (Å²) in [6.45, 7) is 5.84. The molecular formula is C12H17NO2. The molecule has 0 aliphatic rings. The Morgan fingerprint density at radius 1 is 1.47 bits per heavy atom. The van der Waals surface area contributed by atoms with E-state index in [4.69, 9.17) is 4.74 Å². The van der Waals surface area contributed by atoms with Crippen molar-refractivity contribution in [2.24, 2.45) is 5.92 Å². The average Bonchev–Trinajstić information content (AvgIpc) is 2.18. The summed E-state index contributed by atoms with van der Waals surface area (Å²) in [5.74, 6) is 0.181.